The molecule has 1 aliphatic rings. The van der Waals surface area contributed by atoms with Crippen LogP contribution in [-0.2, 0) is 0 Å². The maximum Gasteiger partial charge on any atom is 0.00669 e. The van der Waals surface area contributed by atoms with E-state index in [1.54, 1.807) is 0 Å². The third-order valence-corrected chi connectivity index (χ3v) is 2.45. The number of nitrogens with two attached hydrogens (primary N) is 1. The normalized spacial score (nSPS) is 24.5. The quantitative estimate of drug-likeness (QED) is 0.688. The van der Waals surface area contributed by atoms with E-state index in [-0.39, 0.29) is 0 Å². The van der Waals surface area contributed by atoms with E-state index in [0.717, 1.165) is 6.04 Å². The molecule has 0 bridgehead atoms. The van der Waals surface area contributed by atoms with Crippen LogP contribution in [0.2, 0.25) is 0 Å². The van der Waals surface area contributed by atoms with Crippen molar-refractivity contribution in [3.63, 3.8) is 0 Å². The predicted octanol–water partition coefficient (Wildman–Crippen LogP) is 1.85. The summed E-state index contributed by atoms with van der Waals surface area (Å²) in [4.78, 5) is 2.61. The first-order valence-corrected chi connectivity index (χ1v) is 5.16. The molecule has 1 unspecified atom stereocenters. The number of nitrogens with zero attached hydrogens (tertiary/aromatic N) is 1. The van der Waals surface area contributed by atoms with Crippen LogP contribution in [0.5, 0.6) is 0 Å². The van der Waals surface area contributed by atoms with E-state index < -0.39 is 0 Å². The van der Waals surface area contributed by atoms with Gasteiger partial charge in [0, 0.05) is 6.04 Å². The summed E-state index contributed by atoms with van der Waals surface area (Å²) in [6.07, 6.45) is 5.59. The number of likely N-dealkylation sites (tertiary alicyclic amines) is 1. The molecule has 1 atom stereocenters. The Kier molecular flexibility index (Phi) is 7.51. The molecule has 0 aromatic heterocycles. The molecule has 2 N–H and O–H groups in total. The van der Waals surface area contributed by atoms with Gasteiger partial charge in [-0.2, -0.15) is 0 Å². The van der Waals surface area contributed by atoms with Crippen molar-refractivity contribution in [2.45, 2.75) is 45.6 Å². The van der Waals surface area contributed by atoms with Crippen LogP contribution in [-0.4, -0.2) is 31.1 Å². The molecule has 0 aliphatic carbocycles. The second-order valence-corrected chi connectivity index (χ2v) is 3.38. The average molecular weight is 172 g/mol. The molecule has 1 aliphatic heterocycles. The van der Waals surface area contributed by atoms with Gasteiger partial charge >= 0.3 is 0 Å². The number of piperidine rings is 1. The molecule has 1 heterocycles. The molecule has 1 rings (SSSR count). The Hall–Kier alpha value is -0.0800. The van der Waals surface area contributed by atoms with Crippen molar-refractivity contribution in [2.24, 2.45) is 5.73 Å². The van der Waals surface area contributed by atoms with Gasteiger partial charge in [-0.25, -0.2) is 0 Å². The first-order valence-electron chi connectivity index (χ1n) is 5.16. The number of hydrogen-bond donors (Lipinski definition) is 1. The SMILES string of the molecule is CCCN1CCCCC1C.CN. The topological polar surface area (TPSA) is 29.3 Å². The Morgan fingerprint density at radius 1 is 1.33 bits per heavy atom. The van der Waals surface area contributed by atoms with Crippen LogP contribution in [0.15, 0.2) is 0 Å². The Balaban J connectivity index is 0.000000561. The van der Waals surface area contributed by atoms with Crippen LogP contribution in [0.1, 0.15) is 39.5 Å². The molecule has 0 radical (unpaired) electrons. The maximum atomic E-state index is 4.50. The third kappa shape index (κ3) is 4.07. The number of rotatable bonds is 2. The van der Waals surface area contributed by atoms with Crippen LogP contribution < -0.4 is 5.73 Å². The van der Waals surface area contributed by atoms with E-state index in [2.05, 4.69) is 24.5 Å². The van der Waals surface area contributed by atoms with Gasteiger partial charge in [0.1, 0.15) is 0 Å². The lowest BCUT2D eigenvalue weighted by atomic mass is 10.0. The zero-order valence-corrected chi connectivity index (χ0v) is 8.84. The molecule has 0 aromatic rings. The van der Waals surface area contributed by atoms with Gasteiger partial charge < -0.3 is 10.6 Å². The Labute approximate surface area is 77.1 Å². The lowest BCUT2D eigenvalue weighted by Gasteiger charge is -2.32. The van der Waals surface area contributed by atoms with E-state index in [1.807, 2.05) is 0 Å². The molecule has 2 heteroatoms. The minimum absolute atomic E-state index is 0.855. The fourth-order valence-corrected chi connectivity index (χ4v) is 1.78. The van der Waals surface area contributed by atoms with Crippen LogP contribution in [0.4, 0.5) is 0 Å². The summed E-state index contributed by atoms with van der Waals surface area (Å²) < 4.78 is 0. The molecule has 0 amide bonds. The second-order valence-electron chi connectivity index (χ2n) is 3.38. The van der Waals surface area contributed by atoms with E-state index in [4.69, 9.17) is 0 Å². The molecule has 1 fully saturated rings. The third-order valence-electron chi connectivity index (χ3n) is 2.45. The molecular formula is C10H24N2. The zero-order valence-electron chi connectivity index (χ0n) is 8.84. The number of hydrogen-bond acceptors (Lipinski definition) is 2. The Bertz CT molecular complexity index is 91.8. The molecule has 0 spiro atoms. The minimum Gasteiger partial charge on any atom is -0.333 e. The van der Waals surface area contributed by atoms with Gasteiger partial charge in [0.2, 0.25) is 0 Å². The average Bonchev–Trinajstić information content (AvgIpc) is 2.13. The van der Waals surface area contributed by atoms with Crippen molar-refractivity contribution in [3.8, 4) is 0 Å². The first kappa shape index (κ1) is 11.9. The van der Waals surface area contributed by atoms with E-state index >= 15 is 0 Å². The summed E-state index contributed by atoms with van der Waals surface area (Å²) in [7, 11) is 1.50. The van der Waals surface area contributed by atoms with Crippen LogP contribution in [0, 0.1) is 0 Å². The molecule has 1 saturated heterocycles. The summed E-state index contributed by atoms with van der Waals surface area (Å²) in [5.41, 5.74) is 4.50. The van der Waals surface area contributed by atoms with Crippen molar-refractivity contribution in [2.75, 3.05) is 20.1 Å². The Morgan fingerprint density at radius 3 is 2.50 bits per heavy atom. The first-order chi connectivity index (χ1) is 5.84. The van der Waals surface area contributed by atoms with Gasteiger partial charge in [0.15, 0.2) is 0 Å². The highest BCUT2D eigenvalue weighted by atomic mass is 15.1. The highest BCUT2D eigenvalue weighted by Gasteiger charge is 2.15. The summed E-state index contributed by atoms with van der Waals surface area (Å²) >= 11 is 0. The molecule has 74 valence electrons. The minimum atomic E-state index is 0.855. The lowest BCUT2D eigenvalue weighted by Crippen LogP contribution is -2.37. The van der Waals surface area contributed by atoms with E-state index in [9.17, 15) is 0 Å². The molecule has 2 nitrogen and oxygen atoms in total. The molecular weight excluding hydrogens is 148 g/mol. The highest BCUT2D eigenvalue weighted by molar-refractivity contribution is 4.71. The summed E-state index contributed by atoms with van der Waals surface area (Å²) in [5, 5.41) is 0. The summed E-state index contributed by atoms with van der Waals surface area (Å²) in [6.45, 7) is 7.27. The lowest BCUT2D eigenvalue weighted by molar-refractivity contribution is 0.161. The van der Waals surface area contributed by atoms with Crippen LogP contribution in [0.25, 0.3) is 0 Å². The van der Waals surface area contributed by atoms with Gasteiger partial charge in [-0.05, 0) is 46.3 Å². The van der Waals surface area contributed by atoms with Crippen molar-refractivity contribution in [3.05, 3.63) is 0 Å². The van der Waals surface area contributed by atoms with Crippen molar-refractivity contribution >= 4 is 0 Å². The van der Waals surface area contributed by atoms with Crippen molar-refractivity contribution in [1.82, 2.24) is 4.90 Å². The fraction of sp³-hybridized carbons (Fsp3) is 1.00. The standard InChI is InChI=1S/C9H19N.CH5N/c1-3-7-10-8-5-4-6-9(10)2;1-2/h9H,3-8H2,1-2H3;2H2,1H3. The smallest absolute Gasteiger partial charge is 0.00669 e. The van der Waals surface area contributed by atoms with E-state index in [1.165, 1.54) is 45.8 Å². The zero-order chi connectivity index (χ0) is 9.40. The monoisotopic (exact) mass is 172 g/mol. The summed E-state index contributed by atoms with van der Waals surface area (Å²) in [5.74, 6) is 0. The predicted molar refractivity (Wildman–Crippen MR) is 55.3 cm³/mol. The van der Waals surface area contributed by atoms with Crippen LogP contribution in [0.3, 0.4) is 0 Å². The fourth-order valence-electron chi connectivity index (χ4n) is 1.78. The summed E-state index contributed by atoms with van der Waals surface area (Å²) in [6, 6.07) is 0.855. The van der Waals surface area contributed by atoms with E-state index in [0.29, 0.717) is 0 Å². The molecule has 12 heavy (non-hydrogen) atoms. The van der Waals surface area contributed by atoms with Gasteiger partial charge in [0.05, 0.1) is 0 Å². The van der Waals surface area contributed by atoms with Gasteiger partial charge in [0.25, 0.3) is 0 Å². The van der Waals surface area contributed by atoms with Gasteiger partial charge in [-0.15, -0.1) is 0 Å². The molecule has 0 aromatic carbocycles. The molecule has 0 saturated carbocycles. The van der Waals surface area contributed by atoms with Crippen molar-refractivity contribution < 1.29 is 0 Å². The van der Waals surface area contributed by atoms with Crippen LogP contribution >= 0.6 is 0 Å². The maximum absolute atomic E-state index is 4.50. The largest absolute Gasteiger partial charge is 0.333 e. The van der Waals surface area contributed by atoms with Crippen molar-refractivity contribution in [1.29, 1.82) is 0 Å². The second kappa shape index (κ2) is 7.56. The highest BCUT2D eigenvalue weighted by Crippen LogP contribution is 2.15. The Morgan fingerprint density at radius 2 is 2.00 bits per heavy atom. The van der Waals surface area contributed by atoms with Gasteiger partial charge in [-0.3, -0.25) is 0 Å². The van der Waals surface area contributed by atoms with Gasteiger partial charge in [-0.1, -0.05) is 13.3 Å².